The average Bonchev–Trinajstić information content (AvgIpc) is 2.54. The van der Waals surface area contributed by atoms with E-state index in [1.807, 2.05) is 6.07 Å². The highest BCUT2D eigenvalue weighted by Gasteiger charge is 2.14. The summed E-state index contributed by atoms with van der Waals surface area (Å²) in [6, 6.07) is 15.9. The molecule has 0 saturated carbocycles. The van der Waals surface area contributed by atoms with Gasteiger partial charge >= 0.3 is 5.56 Å². The summed E-state index contributed by atoms with van der Waals surface area (Å²) in [6.07, 6.45) is 1.38. The van der Waals surface area contributed by atoms with Gasteiger partial charge in [-0.1, -0.05) is 30.3 Å². The largest absolute Gasteiger partial charge is 0.618 e. The number of fused-ring (bicyclic) bond motifs is 1. The van der Waals surface area contributed by atoms with E-state index < -0.39 is 5.56 Å². The van der Waals surface area contributed by atoms with Gasteiger partial charge in [0, 0.05) is 0 Å². The third kappa shape index (κ3) is 2.04. The number of benzene rings is 2. The Bertz CT molecular complexity index is 801. The van der Waals surface area contributed by atoms with E-state index in [0.29, 0.717) is 21.2 Å². The molecule has 0 aliphatic heterocycles. The Hall–Kier alpha value is -2.75. The Morgan fingerprint density at radius 3 is 2.42 bits per heavy atom. The summed E-state index contributed by atoms with van der Waals surface area (Å²) in [7, 11) is 0. The third-order valence-corrected chi connectivity index (χ3v) is 2.89. The molecule has 0 aliphatic carbocycles. The lowest BCUT2D eigenvalue weighted by Gasteiger charge is -1.98. The van der Waals surface area contributed by atoms with Crippen molar-refractivity contribution in [2.24, 2.45) is 0 Å². The van der Waals surface area contributed by atoms with Crippen molar-refractivity contribution < 1.29 is 4.73 Å². The van der Waals surface area contributed by atoms with Crippen LogP contribution in [-0.2, 0) is 0 Å². The van der Waals surface area contributed by atoms with E-state index in [4.69, 9.17) is 0 Å². The quantitative estimate of drug-likeness (QED) is 0.489. The molecular formula is C15H10N2O2. The van der Waals surface area contributed by atoms with Gasteiger partial charge in [-0.05, 0) is 24.3 Å². The molecule has 4 heteroatoms. The third-order valence-electron chi connectivity index (χ3n) is 2.89. The molecule has 0 atom stereocenters. The topological polar surface area (TPSA) is 56.9 Å². The average molecular weight is 250 g/mol. The summed E-state index contributed by atoms with van der Waals surface area (Å²) in [4.78, 5) is 16.1. The molecule has 0 aliphatic rings. The van der Waals surface area contributed by atoms with Crippen molar-refractivity contribution in [2.75, 3.05) is 0 Å². The van der Waals surface area contributed by atoms with Crippen molar-refractivity contribution in [2.45, 2.75) is 0 Å². The highest BCUT2D eigenvalue weighted by molar-refractivity contribution is 5.76. The molecule has 0 spiro atoms. The normalized spacial score (nSPS) is 10.5. The first-order valence-electron chi connectivity index (χ1n) is 5.84. The number of para-hydroxylation sites is 1. The van der Waals surface area contributed by atoms with Crippen LogP contribution in [0.25, 0.3) is 22.2 Å². The van der Waals surface area contributed by atoms with Gasteiger partial charge in [0.05, 0.1) is 16.5 Å². The Kier molecular flexibility index (Phi) is 2.68. The standard InChI is InChI=1S/C15H10N2O2/c18-15-14(11-6-2-1-3-7-11)17(19)10-12-8-4-5-9-13(12)16-15/h1-10H. The molecule has 0 fully saturated rings. The van der Waals surface area contributed by atoms with Crippen LogP contribution in [0, 0.1) is 5.21 Å². The minimum absolute atomic E-state index is 0.0387. The molecule has 4 nitrogen and oxygen atoms in total. The zero-order chi connectivity index (χ0) is 13.2. The maximum absolute atomic E-state index is 12.1. The highest BCUT2D eigenvalue weighted by atomic mass is 16.5. The fourth-order valence-corrected chi connectivity index (χ4v) is 1.99. The van der Waals surface area contributed by atoms with Crippen molar-refractivity contribution in [1.29, 1.82) is 0 Å². The fraction of sp³-hybridized carbons (Fsp3) is 0. The van der Waals surface area contributed by atoms with Crippen LogP contribution >= 0.6 is 0 Å². The molecule has 2 aromatic carbocycles. The smallest absolute Gasteiger partial charge is 0.344 e. The maximum atomic E-state index is 12.1. The van der Waals surface area contributed by atoms with Crippen LogP contribution in [0.4, 0.5) is 0 Å². The second-order valence-electron chi connectivity index (χ2n) is 4.15. The van der Waals surface area contributed by atoms with E-state index in [1.165, 1.54) is 6.20 Å². The Labute approximate surface area is 109 Å². The van der Waals surface area contributed by atoms with Crippen molar-refractivity contribution in [3.05, 3.63) is 76.4 Å². The fourth-order valence-electron chi connectivity index (χ4n) is 1.99. The predicted octanol–water partition coefficient (Wildman–Crippen LogP) is 1.90. The summed E-state index contributed by atoms with van der Waals surface area (Å²) < 4.78 is 0.590. The van der Waals surface area contributed by atoms with Gasteiger partial charge in [-0.3, -0.25) is 4.79 Å². The summed E-state index contributed by atoms with van der Waals surface area (Å²) in [5.74, 6) is 0. The molecule has 19 heavy (non-hydrogen) atoms. The van der Waals surface area contributed by atoms with Crippen molar-refractivity contribution in [3.8, 4) is 11.3 Å². The SMILES string of the molecule is O=c1nc2ccccc2c[n+]([O-])c1-c1ccccc1. The van der Waals surface area contributed by atoms with Crippen LogP contribution in [0.1, 0.15) is 0 Å². The first-order valence-corrected chi connectivity index (χ1v) is 5.84. The zero-order valence-electron chi connectivity index (χ0n) is 9.98. The molecule has 1 heterocycles. The maximum Gasteiger partial charge on any atom is 0.344 e. The Balaban J connectivity index is 2.41. The number of hydrogen-bond donors (Lipinski definition) is 0. The van der Waals surface area contributed by atoms with Gasteiger partial charge in [0.25, 0.3) is 5.69 Å². The van der Waals surface area contributed by atoms with Crippen LogP contribution in [0.3, 0.4) is 0 Å². The lowest BCUT2D eigenvalue weighted by atomic mass is 10.2. The molecule has 0 saturated heterocycles. The molecule has 92 valence electrons. The van der Waals surface area contributed by atoms with Gasteiger partial charge in [-0.2, -0.15) is 4.73 Å². The summed E-state index contributed by atoms with van der Waals surface area (Å²) >= 11 is 0. The van der Waals surface area contributed by atoms with Crippen molar-refractivity contribution >= 4 is 10.9 Å². The van der Waals surface area contributed by atoms with E-state index in [-0.39, 0.29) is 5.69 Å². The van der Waals surface area contributed by atoms with Crippen LogP contribution in [0.2, 0.25) is 0 Å². The predicted molar refractivity (Wildman–Crippen MR) is 72.4 cm³/mol. The minimum atomic E-state index is -0.526. The molecule has 0 radical (unpaired) electrons. The van der Waals surface area contributed by atoms with E-state index in [9.17, 15) is 10.0 Å². The molecule has 3 rings (SSSR count). The lowest BCUT2D eigenvalue weighted by molar-refractivity contribution is -0.592. The molecule has 1 aromatic heterocycles. The molecular weight excluding hydrogens is 240 g/mol. The molecule has 0 bridgehead atoms. The summed E-state index contributed by atoms with van der Waals surface area (Å²) in [5.41, 5.74) is 0.591. The van der Waals surface area contributed by atoms with Crippen LogP contribution in [-0.4, -0.2) is 4.98 Å². The summed E-state index contributed by atoms with van der Waals surface area (Å²) in [6.45, 7) is 0. The second kappa shape index (κ2) is 4.49. The first kappa shape index (κ1) is 11.3. The van der Waals surface area contributed by atoms with Gasteiger partial charge in [-0.15, -0.1) is 0 Å². The van der Waals surface area contributed by atoms with Gasteiger partial charge in [-0.25, -0.2) is 4.98 Å². The van der Waals surface area contributed by atoms with E-state index >= 15 is 0 Å². The van der Waals surface area contributed by atoms with Gasteiger partial charge < -0.3 is 5.21 Å². The Morgan fingerprint density at radius 1 is 0.947 bits per heavy atom. The first-order chi connectivity index (χ1) is 9.25. The zero-order valence-corrected chi connectivity index (χ0v) is 9.98. The van der Waals surface area contributed by atoms with E-state index in [0.717, 1.165) is 0 Å². The van der Waals surface area contributed by atoms with Crippen molar-refractivity contribution in [3.63, 3.8) is 0 Å². The highest BCUT2D eigenvalue weighted by Crippen LogP contribution is 2.12. The molecule has 0 unspecified atom stereocenters. The van der Waals surface area contributed by atoms with Crippen molar-refractivity contribution in [1.82, 2.24) is 4.98 Å². The Morgan fingerprint density at radius 2 is 1.63 bits per heavy atom. The number of aromatic nitrogens is 2. The minimum Gasteiger partial charge on any atom is -0.618 e. The molecule has 3 aromatic rings. The number of rotatable bonds is 1. The van der Waals surface area contributed by atoms with Crippen LogP contribution in [0.5, 0.6) is 0 Å². The van der Waals surface area contributed by atoms with E-state index in [2.05, 4.69) is 4.98 Å². The van der Waals surface area contributed by atoms with Crippen LogP contribution in [0.15, 0.2) is 65.6 Å². The van der Waals surface area contributed by atoms with Crippen LogP contribution < -0.4 is 10.3 Å². The summed E-state index contributed by atoms with van der Waals surface area (Å²) in [5, 5.41) is 12.8. The number of hydrogen-bond acceptors (Lipinski definition) is 3. The van der Waals surface area contributed by atoms with Gasteiger partial charge in [0.15, 0.2) is 6.20 Å². The monoisotopic (exact) mass is 250 g/mol. The molecule has 0 N–H and O–H groups in total. The second-order valence-corrected chi connectivity index (χ2v) is 4.15. The number of nitrogens with zero attached hydrogens (tertiary/aromatic N) is 2. The molecule has 0 amide bonds. The van der Waals surface area contributed by atoms with Gasteiger partial charge in [0.1, 0.15) is 0 Å². The lowest BCUT2D eigenvalue weighted by Crippen LogP contribution is -2.32. The van der Waals surface area contributed by atoms with Gasteiger partial charge in [0.2, 0.25) is 0 Å². The van der Waals surface area contributed by atoms with E-state index in [1.54, 1.807) is 48.5 Å².